The number of piperidine rings is 1. The fourth-order valence-electron chi connectivity index (χ4n) is 2.04. The molecule has 2 rings (SSSR count). The van der Waals surface area contributed by atoms with Crippen LogP contribution >= 0.6 is 11.6 Å². The Hall–Kier alpha value is -1.59. The van der Waals surface area contributed by atoms with E-state index in [-0.39, 0.29) is 5.91 Å². The number of hydrogen-bond donors (Lipinski definition) is 2. The fourth-order valence-corrected chi connectivity index (χ4v) is 2.23. The first kappa shape index (κ1) is 13.8. The van der Waals surface area contributed by atoms with Gasteiger partial charge in [0.2, 0.25) is 5.91 Å². The van der Waals surface area contributed by atoms with Crippen molar-refractivity contribution in [2.24, 2.45) is 5.16 Å². The summed E-state index contributed by atoms with van der Waals surface area (Å²) in [5.41, 5.74) is 1.50. The molecule has 0 atom stereocenters. The van der Waals surface area contributed by atoms with Gasteiger partial charge in [-0.25, -0.2) is 0 Å². The van der Waals surface area contributed by atoms with Crippen molar-refractivity contribution in [1.82, 2.24) is 4.90 Å². The minimum absolute atomic E-state index is 0.0633. The van der Waals surface area contributed by atoms with E-state index in [1.54, 1.807) is 24.3 Å². The van der Waals surface area contributed by atoms with Crippen molar-refractivity contribution >= 4 is 28.9 Å². The largest absolute Gasteiger partial charge is 0.411 e. The topological polar surface area (TPSA) is 64.9 Å². The molecule has 0 spiro atoms. The van der Waals surface area contributed by atoms with Crippen LogP contribution in [0.1, 0.15) is 12.8 Å². The summed E-state index contributed by atoms with van der Waals surface area (Å²) >= 11 is 5.85. The van der Waals surface area contributed by atoms with Gasteiger partial charge >= 0.3 is 0 Å². The average Bonchev–Trinajstić information content (AvgIpc) is 2.39. The molecule has 1 aromatic rings. The number of anilines is 1. The first-order chi connectivity index (χ1) is 9.17. The highest BCUT2D eigenvalue weighted by molar-refractivity contribution is 6.30. The molecule has 0 saturated carbocycles. The summed E-state index contributed by atoms with van der Waals surface area (Å²) in [4.78, 5) is 13.9. The molecule has 102 valence electrons. The Labute approximate surface area is 116 Å². The molecule has 1 heterocycles. The average molecular weight is 282 g/mol. The lowest BCUT2D eigenvalue weighted by Gasteiger charge is -2.26. The van der Waals surface area contributed by atoms with E-state index in [2.05, 4.69) is 10.5 Å². The number of oxime groups is 1. The molecule has 0 unspecified atom stereocenters. The van der Waals surface area contributed by atoms with Crippen LogP contribution in [0.25, 0.3) is 0 Å². The highest BCUT2D eigenvalue weighted by Crippen LogP contribution is 2.15. The van der Waals surface area contributed by atoms with E-state index in [0.717, 1.165) is 18.8 Å². The number of nitrogens with zero attached hydrogens (tertiary/aromatic N) is 2. The Morgan fingerprint density at radius 3 is 2.79 bits per heavy atom. The number of carbonyl (C=O) groups is 1. The monoisotopic (exact) mass is 281 g/mol. The third-order valence-electron chi connectivity index (χ3n) is 3.05. The smallest absolute Gasteiger partial charge is 0.238 e. The van der Waals surface area contributed by atoms with Crippen molar-refractivity contribution in [3.8, 4) is 0 Å². The van der Waals surface area contributed by atoms with E-state index >= 15 is 0 Å². The van der Waals surface area contributed by atoms with Gasteiger partial charge in [-0.1, -0.05) is 22.8 Å². The van der Waals surface area contributed by atoms with Gasteiger partial charge in [-0.2, -0.15) is 0 Å². The molecule has 5 nitrogen and oxygen atoms in total. The predicted octanol–water partition coefficient (Wildman–Crippen LogP) is 2.20. The maximum absolute atomic E-state index is 11.9. The van der Waals surface area contributed by atoms with Crippen LogP contribution in [0.2, 0.25) is 5.02 Å². The molecule has 0 radical (unpaired) electrons. The lowest BCUT2D eigenvalue weighted by Crippen LogP contribution is -2.39. The van der Waals surface area contributed by atoms with E-state index in [1.165, 1.54) is 0 Å². The third-order valence-corrected chi connectivity index (χ3v) is 3.29. The van der Waals surface area contributed by atoms with Gasteiger partial charge in [0, 0.05) is 36.6 Å². The van der Waals surface area contributed by atoms with Crippen LogP contribution in [-0.2, 0) is 4.79 Å². The van der Waals surface area contributed by atoms with Crippen LogP contribution in [-0.4, -0.2) is 41.4 Å². The molecule has 0 bridgehead atoms. The van der Waals surface area contributed by atoms with Gasteiger partial charge in [0.15, 0.2) is 0 Å². The van der Waals surface area contributed by atoms with Crippen molar-refractivity contribution in [1.29, 1.82) is 0 Å². The molecule has 6 heteroatoms. The first-order valence-corrected chi connectivity index (χ1v) is 6.53. The molecule has 0 aromatic heterocycles. The van der Waals surface area contributed by atoms with Crippen LogP contribution in [0.3, 0.4) is 0 Å². The highest BCUT2D eigenvalue weighted by atomic mass is 35.5. The summed E-state index contributed by atoms with van der Waals surface area (Å²) in [5.74, 6) is -0.0633. The van der Waals surface area contributed by atoms with Gasteiger partial charge in [-0.3, -0.25) is 9.69 Å². The number of rotatable bonds is 3. The van der Waals surface area contributed by atoms with E-state index in [4.69, 9.17) is 16.8 Å². The predicted molar refractivity (Wildman–Crippen MR) is 75.0 cm³/mol. The van der Waals surface area contributed by atoms with Gasteiger partial charge in [0.1, 0.15) is 0 Å². The normalized spacial score (nSPS) is 16.2. The van der Waals surface area contributed by atoms with Crippen molar-refractivity contribution in [2.75, 3.05) is 25.0 Å². The zero-order valence-corrected chi connectivity index (χ0v) is 11.2. The maximum atomic E-state index is 11.9. The molecule has 0 aliphatic carbocycles. The molecular formula is C13H16ClN3O2. The second-order valence-corrected chi connectivity index (χ2v) is 4.94. The number of amides is 1. The zero-order chi connectivity index (χ0) is 13.7. The fraction of sp³-hybridized carbons (Fsp3) is 0.385. The summed E-state index contributed by atoms with van der Waals surface area (Å²) < 4.78 is 0. The lowest BCUT2D eigenvalue weighted by molar-refractivity contribution is -0.117. The van der Waals surface area contributed by atoms with Crippen LogP contribution in [0, 0.1) is 0 Å². The van der Waals surface area contributed by atoms with Gasteiger partial charge in [-0.15, -0.1) is 0 Å². The number of carbonyl (C=O) groups excluding carboxylic acids is 1. The Morgan fingerprint density at radius 2 is 2.16 bits per heavy atom. The molecular weight excluding hydrogens is 266 g/mol. The van der Waals surface area contributed by atoms with E-state index in [1.807, 2.05) is 4.90 Å². The van der Waals surface area contributed by atoms with E-state index < -0.39 is 0 Å². The van der Waals surface area contributed by atoms with Crippen LogP contribution in [0.15, 0.2) is 29.4 Å². The van der Waals surface area contributed by atoms with Gasteiger partial charge < -0.3 is 10.5 Å². The molecule has 1 saturated heterocycles. The van der Waals surface area contributed by atoms with Crippen molar-refractivity contribution in [3.63, 3.8) is 0 Å². The second-order valence-electron chi connectivity index (χ2n) is 4.50. The van der Waals surface area contributed by atoms with Crippen LogP contribution in [0.5, 0.6) is 0 Å². The number of likely N-dealkylation sites (tertiary alicyclic amines) is 1. The van der Waals surface area contributed by atoms with Gasteiger partial charge in [0.05, 0.1) is 12.3 Å². The van der Waals surface area contributed by atoms with Crippen LogP contribution in [0.4, 0.5) is 5.69 Å². The summed E-state index contributed by atoms with van der Waals surface area (Å²) in [6.45, 7) is 1.82. The minimum atomic E-state index is -0.0633. The number of halogens is 1. The summed E-state index contributed by atoms with van der Waals surface area (Å²) in [6, 6.07) is 7.07. The zero-order valence-electron chi connectivity index (χ0n) is 10.5. The van der Waals surface area contributed by atoms with Crippen LogP contribution < -0.4 is 5.32 Å². The SMILES string of the molecule is O=C(CN1CCC(=NO)CC1)Nc1cccc(Cl)c1. The molecule has 1 aromatic carbocycles. The van der Waals surface area contributed by atoms with Gasteiger partial charge in [0.25, 0.3) is 0 Å². The summed E-state index contributed by atoms with van der Waals surface area (Å²) in [5, 5.41) is 15.3. The molecule has 1 aliphatic rings. The summed E-state index contributed by atoms with van der Waals surface area (Å²) in [7, 11) is 0. The van der Waals surface area contributed by atoms with E-state index in [0.29, 0.717) is 30.1 Å². The molecule has 19 heavy (non-hydrogen) atoms. The molecule has 1 amide bonds. The first-order valence-electron chi connectivity index (χ1n) is 6.15. The number of hydrogen-bond acceptors (Lipinski definition) is 4. The Kier molecular flexibility index (Phi) is 4.76. The van der Waals surface area contributed by atoms with Gasteiger partial charge in [-0.05, 0) is 18.2 Å². The Balaban J connectivity index is 1.82. The number of benzene rings is 1. The van der Waals surface area contributed by atoms with Crippen molar-refractivity contribution in [2.45, 2.75) is 12.8 Å². The maximum Gasteiger partial charge on any atom is 0.238 e. The Morgan fingerprint density at radius 1 is 1.42 bits per heavy atom. The highest BCUT2D eigenvalue weighted by Gasteiger charge is 2.17. The van der Waals surface area contributed by atoms with Crippen molar-refractivity contribution < 1.29 is 10.0 Å². The standard InChI is InChI=1S/C13H16ClN3O2/c14-10-2-1-3-12(8-10)15-13(18)9-17-6-4-11(16-19)5-7-17/h1-3,8,19H,4-7,9H2,(H,15,18). The van der Waals surface area contributed by atoms with E-state index in [9.17, 15) is 4.79 Å². The summed E-state index contributed by atoms with van der Waals surface area (Å²) in [6.07, 6.45) is 1.42. The second kappa shape index (κ2) is 6.54. The Bertz CT molecular complexity index is 481. The van der Waals surface area contributed by atoms with Crippen molar-refractivity contribution in [3.05, 3.63) is 29.3 Å². The number of nitrogens with one attached hydrogen (secondary N) is 1. The molecule has 1 fully saturated rings. The lowest BCUT2D eigenvalue weighted by atomic mass is 10.1. The quantitative estimate of drug-likeness (QED) is 0.659. The minimum Gasteiger partial charge on any atom is -0.411 e. The third kappa shape index (κ3) is 4.22. The molecule has 2 N–H and O–H groups in total. The molecule has 1 aliphatic heterocycles.